The van der Waals surface area contributed by atoms with E-state index in [1.165, 1.54) is 17.7 Å². The monoisotopic (exact) mass is 442 g/mol. The minimum absolute atomic E-state index is 0.287. The number of rotatable bonds is 1. The van der Waals surface area contributed by atoms with E-state index in [0.717, 1.165) is 55.6 Å². The number of hydrogen-bond acceptors (Lipinski definition) is 0. The molecule has 2 aliphatic rings. The van der Waals surface area contributed by atoms with Gasteiger partial charge in [-0.25, -0.2) is 8.78 Å². The topological polar surface area (TPSA) is 0 Å². The van der Waals surface area contributed by atoms with Crippen LogP contribution >= 0.6 is 0 Å². The Kier molecular flexibility index (Phi) is 3.85. The Bertz CT molecular complexity index is 1570. The zero-order chi connectivity index (χ0) is 23.0. The Morgan fingerprint density at radius 3 is 1.74 bits per heavy atom. The van der Waals surface area contributed by atoms with Crippen molar-refractivity contribution in [2.75, 3.05) is 0 Å². The molecule has 0 N–H and O–H groups in total. The Morgan fingerprint density at radius 1 is 0.500 bits per heavy atom. The molecule has 0 heterocycles. The van der Waals surface area contributed by atoms with Crippen LogP contribution < -0.4 is 0 Å². The number of aryl methyl sites for hydroxylation is 1. The Hall–Kier alpha value is -4.04. The molecule has 34 heavy (non-hydrogen) atoms. The summed E-state index contributed by atoms with van der Waals surface area (Å²) >= 11 is 0. The average molecular weight is 443 g/mol. The van der Waals surface area contributed by atoms with Gasteiger partial charge in [0.15, 0.2) is 0 Å². The van der Waals surface area contributed by atoms with E-state index in [0.29, 0.717) is 0 Å². The smallest absolute Gasteiger partial charge is 0.123 e. The Balaban J connectivity index is 1.70. The molecule has 0 aromatic heterocycles. The van der Waals surface area contributed by atoms with E-state index < -0.39 is 5.41 Å². The van der Waals surface area contributed by atoms with Gasteiger partial charge in [-0.05, 0) is 86.8 Å². The van der Waals surface area contributed by atoms with E-state index in [9.17, 15) is 8.78 Å². The number of halogens is 2. The molecule has 2 aliphatic carbocycles. The summed E-state index contributed by atoms with van der Waals surface area (Å²) in [7, 11) is 0. The van der Waals surface area contributed by atoms with Crippen LogP contribution in [0.4, 0.5) is 8.78 Å². The summed E-state index contributed by atoms with van der Waals surface area (Å²) in [5.74, 6) is -0.574. The minimum Gasteiger partial charge on any atom is -0.207 e. The highest BCUT2D eigenvalue weighted by molar-refractivity contribution is 5.98. The lowest BCUT2D eigenvalue weighted by atomic mass is 9.68. The van der Waals surface area contributed by atoms with Crippen LogP contribution in [0.5, 0.6) is 0 Å². The van der Waals surface area contributed by atoms with E-state index >= 15 is 0 Å². The van der Waals surface area contributed by atoms with Gasteiger partial charge in [-0.2, -0.15) is 0 Å². The van der Waals surface area contributed by atoms with E-state index in [2.05, 4.69) is 61.5 Å². The molecule has 0 bridgehead atoms. The van der Waals surface area contributed by atoms with Crippen molar-refractivity contribution in [3.05, 3.63) is 143 Å². The molecular weight excluding hydrogens is 422 g/mol. The molecule has 0 radical (unpaired) electrons. The van der Waals surface area contributed by atoms with E-state index in [-0.39, 0.29) is 11.6 Å². The summed E-state index contributed by atoms with van der Waals surface area (Å²) < 4.78 is 29.7. The van der Waals surface area contributed by atoms with Gasteiger partial charge in [-0.15, -0.1) is 0 Å². The SMILES string of the molecule is Cc1ccc(-c2cccc3c2C2(c4cc(F)ccc4-c4ccc(F)cc42)c2ccccc2-3)cc1. The quantitative estimate of drug-likeness (QED) is 0.240. The largest absolute Gasteiger partial charge is 0.207 e. The summed E-state index contributed by atoms with van der Waals surface area (Å²) in [5, 5.41) is 0. The predicted octanol–water partition coefficient (Wildman–Crippen LogP) is 8.28. The van der Waals surface area contributed by atoms with Gasteiger partial charge in [0.05, 0.1) is 5.41 Å². The lowest BCUT2D eigenvalue weighted by molar-refractivity contribution is 0.618. The highest BCUT2D eigenvalue weighted by Crippen LogP contribution is 2.64. The zero-order valence-corrected chi connectivity index (χ0v) is 18.6. The summed E-state index contributed by atoms with van der Waals surface area (Å²) in [4.78, 5) is 0. The first-order chi connectivity index (χ1) is 16.6. The summed E-state index contributed by atoms with van der Waals surface area (Å²) in [6, 6.07) is 33.1. The van der Waals surface area contributed by atoms with E-state index in [4.69, 9.17) is 0 Å². The second kappa shape index (κ2) is 6.74. The zero-order valence-electron chi connectivity index (χ0n) is 18.6. The second-order valence-electron chi connectivity index (χ2n) is 9.27. The van der Waals surface area contributed by atoms with Gasteiger partial charge >= 0.3 is 0 Å². The molecule has 5 aromatic carbocycles. The molecule has 0 atom stereocenters. The molecule has 5 aromatic rings. The molecule has 0 aliphatic heterocycles. The molecule has 0 fully saturated rings. The van der Waals surface area contributed by atoms with Crippen LogP contribution in [-0.4, -0.2) is 0 Å². The van der Waals surface area contributed by atoms with E-state index in [1.54, 1.807) is 12.1 Å². The van der Waals surface area contributed by atoms with Crippen molar-refractivity contribution >= 4 is 0 Å². The number of fused-ring (bicyclic) bond motifs is 10. The van der Waals surface area contributed by atoms with Crippen molar-refractivity contribution in [3.63, 3.8) is 0 Å². The fourth-order valence-corrected chi connectivity index (χ4v) is 6.16. The molecular formula is C32H20F2. The molecule has 2 heteroatoms. The van der Waals surface area contributed by atoms with Crippen LogP contribution in [0.15, 0.2) is 103 Å². The van der Waals surface area contributed by atoms with Crippen LogP contribution in [-0.2, 0) is 5.41 Å². The van der Waals surface area contributed by atoms with Crippen molar-refractivity contribution in [1.29, 1.82) is 0 Å². The van der Waals surface area contributed by atoms with Gasteiger partial charge in [0.2, 0.25) is 0 Å². The maximum absolute atomic E-state index is 14.8. The van der Waals surface area contributed by atoms with Gasteiger partial charge in [0.1, 0.15) is 11.6 Å². The number of benzene rings is 5. The van der Waals surface area contributed by atoms with Crippen molar-refractivity contribution in [3.8, 4) is 33.4 Å². The average Bonchev–Trinajstić information content (AvgIpc) is 3.31. The maximum atomic E-state index is 14.8. The summed E-state index contributed by atoms with van der Waals surface area (Å²) in [6.45, 7) is 2.07. The van der Waals surface area contributed by atoms with Gasteiger partial charge in [-0.3, -0.25) is 0 Å². The first kappa shape index (κ1) is 19.4. The Morgan fingerprint density at radius 2 is 1.06 bits per heavy atom. The van der Waals surface area contributed by atoms with Gasteiger partial charge in [0.25, 0.3) is 0 Å². The van der Waals surface area contributed by atoms with Crippen molar-refractivity contribution in [2.24, 2.45) is 0 Å². The highest BCUT2D eigenvalue weighted by atomic mass is 19.1. The lowest BCUT2D eigenvalue weighted by Gasteiger charge is -2.32. The minimum atomic E-state index is -0.789. The predicted molar refractivity (Wildman–Crippen MR) is 133 cm³/mol. The van der Waals surface area contributed by atoms with Crippen LogP contribution in [0.3, 0.4) is 0 Å². The maximum Gasteiger partial charge on any atom is 0.123 e. The van der Waals surface area contributed by atoms with Gasteiger partial charge in [-0.1, -0.05) is 84.4 Å². The highest BCUT2D eigenvalue weighted by Gasteiger charge is 2.53. The molecule has 0 amide bonds. The standard InChI is InChI=1S/C32H20F2/c1-19-9-11-20(12-10-19)23-6-4-7-27-24-5-2-3-8-28(24)32(31(23)27)29-17-21(33)13-15-25(29)26-16-14-22(34)18-30(26)32/h2-18H,1H3. The van der Waals surface area contributed by atoms with Crippen LogP contribution in [0.25, 0.3) is 33.4 Å². The molecule has 0 nitrogen and oxygen atoms in total. The third kappa shape index (κ3) is 2.35. The second-order valence-corrected chi connectivity index (χ2v) is 9.27. The van der Waals surface area contributed by atoms with Gasteiger partial charge < -0.3 is 0 Å². The first-order valence-electron chi connectivity index (χ1n) is 11.5. The van der Waals surface area contributed by atoms with Gasteiger partial charge in [0, 0.05) is 0 Å². The van der Waals surface area contributed by atoms with Crippen LogP contribution in [0.2, 0.25) is 0 Å². The van der Waals surface area contributed by atoms with Crippen molar-refractivity contribution < 1.29 is 8.78 Å². The normalized spacial score (nSPS) is 14.0. The fraction of sp³-hybridized carbons (Fsp3) is 0.0625. The third-order valence-corrected chi connectivity index (χ3v) is 7.48. The van der Waals surface area contributed by atoms with E-state index in [1.807, 2.05) is 24.3 Å². The van der Waals surface area contributed by atoms with Crippen LogP contribution in [0, 0.1) is 18.6 Å². The molecule has 0 saturated heterocycles. The summed E-state index contributed by atoms with van der Waals surface area (Å²) in [5.41, 5.74) is 10.6. The molecule has 0 saturated carbocycles. The number of hydrogen-bond donors (Lipinski definition) is 0. The molecule has 162 valence electrons. The fourth-order valence-electron chi connectivity index (χ4n) is 6.16. The molecule has 0 unspecified atom stereocenters. The molecule has 7 rings (SSSR count). The third-order valence-electron chi connectivity index (χ3n) is 7.48. The molecule has 1 spiro atoms. The Labute approximate surface area is 197 Å². The first-order valence-corrected chi connectivity index (χ1v) is 11.5. The summed E-state index contributed by atoms with van der Waals surface area (Å²) in [6.07, 6.45) is 0. The lowest BCUT2D eigenvalue weighted by Crippen LogP contribution is -2.27. The van der Waals surface area contributed by atoms with Crippen molar-refractivity contribution in [2.45, 2.75) is 12.3 Å². The van der Waals surface area contributed by atoms with Crippen molar-refractivity contribution in [1.82, 2.24) is 0 Å². The van der Waals surface area contributed by atoms with Crippen LogP contribution in [0.1, 0.15) is 27.8 Å².